The van der Waals surface area contributed by atoms with Crippen molar-refractivity contribution < 1.29 is 17.9 Å². The lowest BCUT2D eigenvalue weighted by Crippen LogP contribution is -2.40. The van der Waals surface area contributed by atoms with Crippen LogP contribution in [0.4, 0.5) is 24.8 Å². The summed E-state index contributed by atoms with van der Waals surface area (Å²) < 4.78 is 46.5. The van der Waals surface area contributed by atoms with Crippen molar-refractivity contribution in [2.24, 2.45) is 11.8 Å². The second-order valence-corrected chi connectivity index (χ2v) is 8.78. The molecule has 32 heavy (non-hydrogen) atoms. The van der Waals surface area contributed by atoms with E-state index in [0.717, 1.165) is 55.2 Å². The maximum Gasteiger partial charge on any atom is 0.416 e. The molecule has 6 heterocycles. The summed E-state index contributed by atoms with van der Waals surface area (Å²) in [5.41, 5.74) is 0.869. The Hall–Kier alpha value is -2.95. The van der Waals surface area contributed by atoms with Crippen LogP contribution < -0.4 is 9.80 Å². The summed E-state index contributed by atoms with van der Waals surface area (Å²) in [5.74, 6) is 1.97. The molecule has 3 aromatic heterocycles. The highest BCUT2D eigenvalue weighted by Gasteiger charge is 2.39. The van der Waals surface area contributed by atoms with Crippen LogP contribution in [0.5, 0.6) is 0 Å². The number of ether oxygens (including phenoxy) is 1. The first kappa shape index (κ1) is 19.7. The number of piperidine rings is 1. The van der Waals surface area contributed by atoms with E-state index in [0.29, 0.717) is 37.4 Å². The average molecular weight is 445 g/mol. The number of hydrogen-bond acceptors (Lipinski definition) is 7. The zero-order chi connectivity index (χ0) is 21.9. The summed E-state index contributed by atoms with van der Waals surface area (Å²) >= 11 is 0. The monoisotopic (exact) mass is 445 g/mol. The Balaban J connectivity index is 1.20. The molecule has 8 nitrogen and oxygen atoms in total. The molecule has 2 atom stereocenters. The topological polar surface area (TPSA) is 72.2 Å². The zero-order valence-corrected chi connectivity index (χ0v) is 17.2. The van der Waals surface area contributed by atoms with Gasteiger partial charge in [0.15, 0.2) is 5.65 Å². The zero-order valence-electron chi connectivity index (χ0n) is 17.2. The maximum absolute atomic E-state index is 13.1. The molecule has 11 heteroatoms. The van der Waals surface area contributed by atoms with E-state index in [-0.39, 0.29) is 6.04 Å². The fourth-order valence-corrected chi connectivity index (χ4v) is 4.93. The fourth-order valence-electron chi connectivity index (χ4n) is 4.93. The highest BCUT2D eigenvalue weighted by atomic mass is 19.4. The third-order valence-corrected chi connectivity index (χ3v) is 6.78. The minimum absolute atomic E-state index is 0.200. The van der Waals surface area contributed by atoms with Crippen LogP contribution in [0.25, 0.3) is 11.2 Å². The molecule has 168 valence electrons. The molecule has 3 aromatic rings. The van der Waals surface area contributed by atoms with Crippen LogP contribution in [0.1, 0.15) is 18.0 Å². The van der Waals surface area contributed by atoms with Crippen LogP contribution >= 0.6 is 0 Å². The molecule has 0 N–H and O–H groups in total. The number of pyridine rings is 1. The Bertz CT molecular complexity index is 1150. The van der Waals surface area contributed by atoms with Gasteiger partial charge in [-0.05, 0) is 30.4 Å². The summed E-state index contributed by atoms with van der Waals surface area (Å²) in [7, 11) is 0. The average Bonchev–Trinajstić information content (AvgIpc) is 3.36. The molecule has 3 fully saturated rings. The van der Waals surface area contributed by atoms with Crippen molar-refractivity contribution in [1.82, 2.24) is 24.7 Å². The number of hydrogen-bond donors (Lipinski definition) is 0. The van der Waals surface area contributed by atoms with Gasteiger partial charge in [-0.1, -0.05) is 0 Å². The molecule has 3 aliphatic rings. The van der Waals surface area contributed by atoms with Crippen molar-refractivity contribution in [1.29, 1.82) is 0 Å². The number of halogens is 3. The minimum atomic E-state index is -4.36. The SMILES string of the molecule is FC(F)(F)c1ccnc(N2CC3CCN(c4cnc5cnn(C6COC6)c5n4)CC3C2)c1. The van der Waals surface area contributed by atoms with Gasteiger partial charge in [-0.25, -0.2) is 19.6 Å². The maximum atomic E-state index is 13.1. The molecular formula is C21H22F3N7O. The minimum Gasteiger partial charge on any atom is -0.377 e. The number of rotatable bonds is 3. The predicted octanol–water partition coefficient (Wildman–Crippen LogP) is 2.77. The highest BCUT2D eigenvalue weighted by Crippen LogP contribution is 2.37. The predicted molar refractivity (Wildman–Crippen MR) is 110 cm³/mol. The van der Waals surface area contributed by atoms with Gasteiger partial charge in [0.2, 0.25) is 0 Å². The third-order valence-electron chi connectivity index (χ3n) is 6.78. The number of fused-ring (bicyclic) bond motifs is 2. The lowest BCUT2D eigenvalue weighted by atomic mass is 9.89. The van der Waals surface area contributed by atoms with E-state index in [1.54, 1.807) is 12.4 Å². The highest BCUT2D eigenvalue weighted by molar-refractivity contribution is 5.71. The quantitative estimate of drug-likeness (QED) is 0.614. The van der Waals surface area contributed by atoms with Gasteiger partial charge < -0.3 is 14.5 Å². The van der Waals surface area contributed by atoms with Crippen LogP contribution in [0.3, 0.4) is 0 Å². The molecule has 6 rings (SSSR count). The van der Waals surface area contributed by atoms with E-state index in [4.69, 9.17) is 9.72 Å². The van der Waals surface area contributed by atoms with Crippen LogP contribution in [-0.2, 0) is 10.9 Å². The standard InChI is InChI=1S/C21H22F3N7O/c22-21(23,24)15-1-3-25-18(5-15)30-8-13-2-4-29(9-14(13)10-30)19-7-26-17-6-27-31(20(17)28-19)16-11-32-12-16/h1,3,5-7,13-14,16H,2,4,8-12H2. The van der Waals surface area contributed by atoms with E-state index < -0.39 is 11.7 Å². The molecule has 0 saturated carbocycles. The van der Waals surface area contributed by atoms with Crippen LogP contribution in [0.2, 0.25) is 0 Å². The molecule has 0 radical (unpaired) electrons. The summed E-state index contributed by atoms with van der Waals surface area (Å²) in [4.78, 5) is 17.8. The second kappa shape index (κ2) is 7.29. The normalized spacial score (nSPS) is 24.1. The molecule has 3 saturated heterocycles. The number of aromatic nitrogens is 5. The van der Waals surface area contributed by atoms with Crippen molar-refractivity contribution in [3.05, 3.63) is 36.3 Å². The van der Waals surface area contributed by atoms with Gasteiger partial charge in [0, 0.05) is 32.4 Å². The Morgan fingerprint density at radius 2 is 1.78 bits per heavy atom. The summed E-state index contributed by atoms with van der Waals surface area (Å²) in [5, 5.41) is 4.42. The first-order chi connectivity index (χ1) is 15.5. The van der Waals surface area contributed by atoms with Gasteiger partial charge in [0.1, 0.15) is 23.2 Å². The molecule has 2 unspecified atom stereocenters. The summed E-state index contributed by atoms with van der Waals surface area (Å²) in [6, 6.07) is 2.37. The number of nitrogens with zero attached hydrogens (tertiary/aromatic N) is 7. The number of alkyl halides is 3. The van der Waals surface area contributed by atoms with Crippen LogP contribution in [0.15, 0.2) is 30.7 Å². The van der Waals surface area contributed by atoms with E-state index in [1.807, 2.05) is 9.58 Å². The molecule has 0 spiro atoms. The van der Waals surface area contributed by atoms with Crippen LogP contribution in [0, 0.1) is 11.8 Å². The first-order valence-corrected chi connectivity index (χ1v) is 10.8. The second-order valence-electron chi connectivity index (χ2n) is 8.78. The Kier molecular flexibility index (Phi) is 4.49. The number of anilines is 2. The summed E-state index contributed by atoms with van der Waals surface area (Å²) in [6.45, 7) is 4.31. The van der Waals surface area contributed by atoms with Crippen LogP contribution in [-0.4, -0.2) is 64.1 Å². The van der Waals surface area contributed by atoms with Gasteiger partial charge in [0.05, 0.1) is 31.2 Å². The van der Waals surface area contributed by atoms with E-state index in [9.17, 15) is 13.2 Å². The lowest BCUT2D eigenvalue weighted by Gasteiger charge is -2.34. The van der Waals surface area contributed by atoms with Gasteiger partial charge in [0.25, 0.3) is 0 Å². The lowest BCUT2D eigenvalue weighted by molar-refractivity contribution is -0.137. The fraction of sp³-hybridized carbons (Fsp3) is 0.524. The van der Waals surface area contributed by atoms with E-state index in [1.165, 1.54) is 6.20 Å². The van der Waals surface area contributed by atoms with Crippen molar-refractivity contribution in [2.75, 3.05) is 49.2 Å². The summed E-state index contributed by atoms with van der Waals surface area (Å²) in [6.07, 6.45) is 1.35. The molecule has 0 aromatic carbocycles. The van der Waals surface area contributed by atoms with Crippen molar-refractivity contribution >= 4 is 22.8 Å². The molecule has 0 amide bonds. The van der Waals surface area contributed by atoms with Gasteiger partial charge in [-0.2, -0.15) is 18.3 Å². The van der Waals surface area contributed by atoms with Gasteiger partial charge >= 0.3 is 6.18 Å². The largest absolute Gasteiger partial charge is 0.416 e. The Labute approximate surface area is 182 Å². The molecule has 0 bridgehead atoms. The van der Waals surface area contributed by atoms with Crippen molar-refractivity contribution in [3.8, 4) is 0 Å². The van der Waals surface area contributed by atoms with Crippen molar-refractivity contribution in [3.63, 3.8) is 0 Å². The Morgan fingerprint density at radius 1 is 0.969 bits per heavy atom. The van der Waals surface area contributed by atoms with Crippen molar-refractivity contribution in [2.45, 2.75) is 18.6 Å². The smallest absolute Gasteiger partial charge is 0.377 e. The van der Waals surface area contributed by atoms with E-state index in [2.05, 4.69) is 20.0 Å². The first-order valence-electron chi connectivity index (χ1n) is 10.8. The Morgan fingerprint density at radius 3 is 2.56 bits per heavy atom. The third kappa shape index (κ3) is 3.35. The van der Waals surface area contributed by atoms with Gasteiger partial charge in [-0.3, -0.25) is 0 Å². The molecule has 0 aliphatic carbocycles. The van der Waals surface area contributed by atoms with E-state index >= 15 is 0 Å². The molecular weight excluding hydrogens is 423 g/mol. The van der Waals surface area contributed by atoms with Gasteiger partial charge in [-0.15, -0.1) is 0 Å². The molecule has 3 aliphatic heterocycles.